The van der Waals surface area contributed by atoms with Gasteiger partial charge in [0.05, 0.1) is 6.61 Å². The summed E-state index contributed by atoms with van der Waals surface area (Å²) >= 11 is 0. The Hall–Kier alpha value is -1.55. The highest BCUT2D eigenvalue weighted by atomic mass is 16.5. The molecule has 1 aromatic rings. The molecule has 1 amide bonds. The first kappa shape index (κ1) is 14.9. The lowest BCUT2D eigenvalue weighted by Gasteiger charge is -2.22. The lowest BCUT2D eigenvalue weighted by molar-refractivity contribution is 0.0536. The van der Waals surface area contributed by atoms with E-state index in [4.69, 9.17) is 4.74 Å². The van der Waals surface area contributed by atoms with Gasteiger partial charge < -0.3 is 15.4 Å². The maximum absolute atomic E-state index is 12.1. The normalized spacial score (nSPS) is 18.9. The van der Waals surface area contributed by atoms with Crippen LogP contribution in [0.4, 0.5) is 5.69 Å². The van der Waals surface area contributed by atoms with Gasteiger partial charge in [0.2, 0.25) is 0 Å². The predicted octanol–water partition coefficient (Wildman–Crippen LogP) is 2.66. The topological polar surface area (TPSA) is 50.4 Å². The van der Waals surface area contributed by atoms with Crippen LogP contribution >= 0.6 is 0 Å². The third kappa shape index (κ3) is 4.53. The molecule has 1 fully saturated rings. The first-order valence-electron chi connectivity index (χ1n) is 7.37. The smallest absolute Gasteiger partial charge is 0.251 e. The zero-order valence-electron chi connectivity index (χ0n) is 12.3. The Kier molecular flexibility index (Phi) is 5.41. The quantitative estimate of drug-likeness (QED) is 0.869. The largest absolute Gasteiger partial charge is 0.383 e. The Bertz CT molecular complexity index is 440. The Morgan fingerprint density at radius 3 is 3.00 bits per heavy atom. The van der Waals surface area contributed by atoms with Gasteiger partial charge in [0.1, 0.15) is 0 Å². The molecule has 1 aliphatic rings. The fourth-order valence-corrected chi connectivity index (χ4v) is 2.39. The summed E-state index contributed by atoms with van der Waals surface area (Å²) in [6.07, 6.45) is 2.23. The predicted molar refractivity (Wildman–Crippen MR) is 81.1 cm³/mol. The lowest BCUT2D eigenvalue weighted by Crippen LogP contribution is -2.33. The average molecular weight is 276 g/mol. The summed E-state index contributed by atoms with van der Waals surface area (Å²) in [5.41, 5.74) is 1.68. The standard InChI is InChI=1S/C16H24N2O2/c1-12(2)18-15-7-3-6-14(9-15)16(19)17-10-13-5-4-8-20-11-13/h3,6-7,9,12-13,18H,4-5,8,10-11H2,1-2H3,(H,17,19)/t13-/m0/s1. The van der Waals surface area contributed by atoms with E-state index < -0.39 is 0 Å². The van der Waals surface area contributed by atoms with E-state index in [-0.39, 0.29) is 5.91 Å². The van der Waals surface area contributed by atoms with Crippen LogP contribution in [-0.4, -0.2) is 31.7 Å². The van der Waals surface area contributed by atoms with Crippen LogP contribution in [0.5, 0.6) is 0 Å². The van der Waals surface area contributed by atoms with Gasteiger partial charge in [0.25, 0.3) is 5.91 Å². The van der Waals surface area contributed by atoms with Gasteiger partial charge in [-0.1, -0.05) is 6.07 Å². The minimum absolute atomic E-state index is 0.0111. The molecular formula is C16H24N2O2. The lowest BCUT2D eigenvalue weighted by atomic mass is 10.0. The van der Waals surface area contributed by atoms with E-state index >= 15 is 0 Å². The van der Waals surface area contributed by atoms with E-state index in [9.17, 15) is 4.79 Å². The molecule has 20 heavy (non-hydrogen) atoms. The highest BCUT2D eigenvalue weighted by molar-refractivity contribution is 5.95. The Balaban J connectivity index is 1.88. The molecule has 0 bridgehead atoms. The maximum Gasteiger partial charge on any atom is 0.251 e. The number of carbonyl (C=O) groups is 1. The van der Waals surface area contributed by atoms with Gasteiger partial charge in [-0.25, -0.2) is 0 Å². The minimum atomic E-state index is -0.0111. The van der Waals surface area contributed by atoms with Crippen LogP contribution in [0.15, 0.2) is 24.3 Å². The highest BCUT2D eigenvalue weighted by Gasteiger charge is 2.15. The number of amides is 1. The zero-order chi connectivity index (χ0) is 14.4. The molecule has 1 atom stereocenters. The molecule has 1 saturated heterocycles. The molecule has 4 heteroatoms. The zero-order valence-corrected chi connectivity index (χ0v) is 12.3. The van der Waals surface area contributed by atoms with Gasteiger partial charge in [-0.05, 0) is 50.8 Å². The number of nitrogens with one attached hydrogen (secondary N) is 2. The molecule has 0 saturated carbocycles. The Morgan fingerprint density at radius 2 is 2.30 bits per heavy atom. The highest BCUT2D eigenvalue weighted by Crippen LogP contribution is 2.14. The number of benzene rings is 1. The summed E-state index contributed by atoms with van der Waals surface area (Å²) in [5, 5.41) is 6.31. The van der Waals surface area contributed by atoms with Crippen LogP contribution in [-0.2, 0) is 4.74 Å². The van der Waals surface area contributed by atoms with Crippen LogP contribution in [0.3, 0.4) is 0 Å². The van der Waals surface area contributed by atoms with Crippen LogP contribution in [0.2, 0.25) is 0 Å². The third-order valence-corrected chi connectivity index (χ3v) is 3.39. The molecule has 0 aliphatic carbocycles. The molecule has 2 N–H and O–H groups in total. The van der Waals surface area contributed by atoms with Crippen molar-refractivity contribution in [1.29, 1.82) is 0 Å². The van der Waals surface area contributed by atoms with Crippen molar-refractivity contribution in [3.05, 3.63) is 29.8 Å². The van der Waals surface area contributed by atoms with Crippen molar-refractivity contribution in [2.24, 2.45) is 5.92 Å². The Morgan fingerprint density at radius 1 is 1.45 bits per heavy atom. The van der Waals surface area contributed by atoms with Crippen molar-refractivity contribution < 1.29 is 9.53 Å². The number of carbonyl (C=O) groups excluding carboxylic acids is 1. The van der Waals surface area contributed by atoms with Gasteiger partial charge in [-0.3, -0.25) is 4.79 Å². The van der Waals surface area contributed by atoms with E-state index in [1.165, 1.54) is 0 Å². The number of hydrogen-bond acceptors (Lipinski definition) is 3. The van der Waals surface area contributed by atoms with Gasteiger partial charge >= 0.3 is 0 Å². The summed E-state index contributed by atoms with van der Waals surface area (Å²) in [5.74, 6) is 0.438. The van der Waals surface area contributed by atoms with Crippen molar-refractivity contribution in [3.8, 4) is 0 Å². The molecule has 4 nitrogen and oxygen atoms in total. The Labute approximate surface area is 120 Å². The van der Waals surface area contributed by atoms with Crippen molar-refractivity contribution in [2.45, 2.75) is 32.7 Å². The average Bonchev–Trinajstić information content (AvgIpc) is 2.45. The van der Waals surface area contributed by atoms with Crippen LogP contribution in [0.25, 0.3) is 0 Å². The first-order valence-corrected chi connectivity index (χ1v) is 7.37. The molecule has 0 aromatic heterocycles. The third-order valence-electron chi connectivity index (χ3n) is 3.39. The molecule has 110 valence electrons. The second kappa shape index (κ2) is 7.29. The molecule has 2 rings (SSSR count). The fourth-order valence-electron chi connectivity index (χ4n) is 2.39. The number of anilines is 1. The number of hydrogen-bond donors (Lipinski definition) is 2. The monoisotopic (exact) mass is 276 g/mol. The molecule has 0 spiro atoms. The molecule has 1 heterocycles. The van der Waals surface area contributed by atoms with E-state index in [1.807, 2.05) is 24.3 Å². The molecule has 1 aliphatic heterocycles. The minimum Gasteiger partial charge on any atom is -0.383 e. The molecular weight excluding hydrogens is 252 g/mol. The number of ether oxygens (including phenoxy) is 1. The van der Waals surface area contributed by atoms with E-state index in [2.05, 4.69) is 24.5 Å². The SMILES string of the molecule is CC(C)Nc1cccc(C(=O)NC[C@@H]2CCCOC2)c1. The van der Waals surface area contributed by atoms with Gasteiger partial charge in [-0.2, -0.15) is 0 Å². The number of rotatable bonds is 5. The van der Waals surface area contributed by atoms with E-state index in [1.54, 1.807) is 0 Å². The fraction of sp³-hybridized carbons (Fsp3) is 0.562. The summed E-state index contributed by atoms with van der Waals surface area (Å²) in [6.45, 7) is 6.47. The van der Waals surface area contributed by atoms with E-state index in [0.29, 0.717) is 24.1 Å². The van der Waals surface area contributed by atoms with Crippen molar-refractivity contribution >= 4 is 11.6 Å². The van der Waals surface area contributed by atoms with Gasteiger partial charge in [0, 0.05) is 30.4 Å². The maximum atomic E-state index is 12.1. The van der Waals surface area contributed by atoms with Crippen molar-refractivity contribution in [1.82, 2.24) is 5.32 Å². The van der Waals surface area contributed by atoms with Crippen LogP contribution < -0.4 is 10.6 Å². The summed E-state index contributed by atoms with van der Waals surface area (Å²) in [7, 11) is 0. The van der Waals surface area contributed by atoms with Crippen LogP contribution in [0, 0.1) is 5.92 Å². The van der Waals surface area contributed by atoms with E-state index in [0.717, 1.165) is 31.7 Å². The summed E-state index contributed by atoms with van der Waals surface area (Å²) < 4.78 is 5.42. The second-order valence-electron chi connectivity index (χ2n) is 5.67. The summed E-state index contributed by atoms with van der Waals surface area (Å²) in [6, 6.07) is 7.98. The molecule has 1 aromatic carbocycles. The first-order chi connectivity index (χ1) is 9.65. The molecule has 0 radical (unpaired) electrons. The van der Waals surface area contributed by atoms with Crippen LogP contribution in [0.1, 0.15) is 37.0 Å². The van der Waals surface area contributed by atoms with Gasteiger partial charge in [-0.15, -0.1) is 0 Å². The van der Waals surface area contributed by atoms with Gasteiger partial charge in [0.15, 0.2) is 0 Å². The summed E-state index contributed by atoms with van der Waals surface area (Å²) in [4.78, 5) is 12.1. The molecule has 0 unspecified atom stereocenters. The second-order valence-corrected chi connectivity index (χ2v) is 5.67. The van der Waals surface area contributed by atoms with Crippen molar-refractivity contribution in [3.63, 3.8) is 0 Å². The van der Waals surface area contributed by atoms with Crippen molar-refractivity contribution in [2.75, 3.05) is 25.1 Å².